The highest BCUT2D eigenvalue weighted by molar-refractivity contribution is 6.52. The van der Waals surface area contributed by atoms with Gasteiger partial charge >= 0.3 is 0 Å². The highest BCUT2D eigenvalue weighted by Gasteiger charge is 2.57. The molecule has 8 rings (SSSR count). The second-order valence-corrected chi connectivity index (χ2v) is 14.7. The molecule has 0 unspecified atom stereocenters. The average Bonchev–Trinajstić information content (AvgIpc) is 3.04. The van der Waals surface area contributed by atoms with Crippen molar-refractivity contribution in [3.8, 4) is 12.1 Å². The molecule has 2 spiro atoms. The largest absolute Gasteiger partial charge is 0.370 e. The molecular formula is C37H36ClF4N5O2. The quantitative estimate of drug-likeness (QED) is 0.278. The number of aromatic nitrogens is 2. The lowest BCUT2D eigenvalue weighted by Gasteiger charge is -2.52. The fraction of sp³-hybridized carbons (Fsp3) is 0.514. The molecule has 256 valence electrons. The van der Waals surface area contributed by atoms with Gasteiger partial charge in [0.15, 0.2) is 11.6 Å². The molecule has 0 amide bonds. The number of carbonyl (C=O) groups excluding carboxylic acids is 2. The maximum atomic E-state index is 13.3. The summed E-state index contributed by atoms with van der Waals surface area (Å²) < 4.78 is 51.7. The molecular weight excluding hydrogens is 658 g/mol. The predicted octanol–water partition coefficient (Wildman–Crippen LogP) is 8.00. The fourth-order valence-corrected chi connectivity index (χ4v) is 8.82. The van der Waals surface area contributed by atoms with Crippen LogP contribution in [0.2, 0.25) is 0 Å². The predicted molar refractivity (Wildman–Crippen MR) is 174 cm³/mol. The van der Waals surface area contributed by atoms with Gasteiger partial charge < -0.3 is 4.90 Å². The van der Waals surface area contributed by atoms with Crippen molar-refractivity contribution < 1.29 is 27.2 Å². The zero-order valence-corrected chi connectivity index (χ0v) is 27.8. The Kier molecular flexibility index (Phi) is 9.45. The number of allylic oxidation sites excluding steroid dienone is 2. The van der Waals surface area contributed by atoms with Crippen molar-refractivity contribution in [2.24, 2.45) is 10.8 Å². The molecule has 7 nitrogen and oxygen atoms in total. The Morgan fingerprint density at radius 1 is 0.694 bits per heavy atom. The number of nitriles is 2. The third kappa shape index (κ3) is 7.14. The van der Waals surface area contributed by atoms with Gasteiger partial charge in [0.2, 0.25) is 11.8 Å². The molecule has 12 heteroatoms. The monoisotopic (exact) mass is 693 g/mol. The summed E-state index contributed by atoms with van der Waals surface area (Å²) in [7, 11) is 0. The average molecular weight is 694 g/mol. The summed E-state index contributed by atoms with van der Waals surface area (Å²) in [6, 6.07) is 7.41. The molecule has 5 aliphatic carbocycles. The first-order valence-corrected chi connectivity index (χ1v) is 17.0. The molecule has 0 aromatic carbocycles. The number of hydrogen-bond donors (Lipinski definition) is 0. The van der Waals surface area contributed by atoms with E-state index in [9.17, 15) is 32.4 Å². The van der Waals surface area contributed by atoms with Crippen LogP contribution in [0.3, 0.4) is 0 Å². The minimum Gasteiger partial charge on any atom is -0.370 e. The van der Waals surface area contributed by atoms with Crippen molar-refractivity contribution >= 4 is 33.9 Å². The smallest absolute Gasteiger partial charge is 0.249 e. The molecule has 3 heterocycles. The van der Waals surface area contributed by atoms with E-state index in [1.165, 1.54) is 19.3 Å². The lowest BCUT2D eigenvalue weighted by molar-refractivity contribution is -0.175. The van der Waals surface area contributed by atoms with Gasteiger partial charge in [-0.05, 0) is 59.8 Å². The van der Waals surface area contributed by atoms with Gasteiger partial charge in [-0.2, -0.15) is 10.5 Å². The zero-order valence-electron chi connectivity index (χ0n) is 27.0. The number of pyridine rings is 2. The van der Waals surface area contributed by atoms with Crippen LogP contribution in [0.4, 0.5) is 17.6 Å². The minimum absolute atomic E-state index is 0.0303. The molecule has 0 N–H and O–H groups in total. The maximum absolute atomic E-state index is 13.3. The van der Waals surface area contributed by atoms with E-state index in [0.29, 0.717) is 31.6 Å². The lowest BCUT2D eigenvalue weighted by Crippen LogP contribution is -2.52. The van der Waals surface area contributed by atoms with E-state index in [1.54, 1.807) is 30.9 Å². The minimum atomic E-state index is -2.52. The van der Waals surface area contributed by atoms with Crippen molar-refractivity contribution in [1.29, 1.82) is 10.5 Å². The number of likely N-dealkylation sites (tertiary alicyclic amines) is 1. The maximum Gasteiger partial charge on any atom is 0.249 e. The first-order chi connectivity index (χ1) is 23.3. The highest BCUT2D eigenvalue weighted by Crippen LogP contribution is 2.59. The normalized spacial score (nSPS) is 23.7. The summed E-state index contributed by atoms with van der Waals surface area (Å²) >= 11 is 5.92. The topological polar surface area (TPSA) is 111 Å². The van der Waals surface area contributed by atoms with Gasteiger partial charge in [-0.25, -0.2) is 17.6 Å². The summed E-state index contributed by atoms with van der Waals surface area (Å²) in [6.45, 7) is 1.21. The van der Waals surface area contributed by atoms with Crippen LogP contribution < -0.4 is 0 Å². The number of hydrogen-bond acceptors (Lipinski definition) is 7. The number of Topliss-reactive ketones (excluding diaryl/α,β-unsaturated/α-hetero) is 2. The number of ketones is 2. The lowest BCUT2D eigenvalue weighted by atomic mass is 9.59. The molecule has 3 saturated carbocycles. The van der Waals surface area contributed by atoms with Gasteiger partial charge in [-0.15, -0.1) is 0 Å². The first-order valence-electron chi connectivity index (χ1n) is 16.7. The number of rotatable bonds is 1. The molecule has 1 aliphatic heterocycles. The molecule has 0 radical (unpaired) electrons. The van der Waals surface area contributed by atoms with Crippen LogP contribution in [-0.2, 0) is 22.4 Å². The van der Waals surface area contributed by atoms with E-state index < -0.39 is 11.8 Å². The highest BCUT2D eigenvalue weighted by atomic mass is 35.5. The van der Waals surface area contributed by atoms with E-state index in [2.05, 4.69) is 16.0 Å². The summed E-state index contributed by atoms with van der Waals surface area (Å²) in [4.78, 5) is 33.7. The summed E-state index contributed by atoms with van der Waals surface area (Å²) in [5.41, 5.74) is 3.93. The van der Waals surface area contributed by atoms with E-state index in [-0.39, 0.29) is 77.1 Å². The molecule has 49 heavy (non-hydrogen) atoms. The molecule has 4 fully saturated rings. The van der Waals surface area contributed by atoms with Crippen molar-refractivity contribution in [2.45, 2.75) is 95.3 Å². The number of nitrogens with zero attached hydrogens (tertiary/aromatic N) is 5. The molecule has 2 aromatic rings. The third-order valence-electron chi connectivity index (χ3n) is 10.8. The van der Waals surface area contributed by atoms with Gasteiger partial charge in [0.05, 0.1) is 10.7 Å². The van der Waals surface area contributed by atoms with Gasteiger partial charge in [-0.3, -0.25) is 19.6 Å². The molecule has 2 aromatic heterocycles. The van der Waals surface area contributed by atoms with E-state index in [0.717, 1.165) is 35.1 Å². The van der Waals surface area contributed by atoms with E-state index >= 15 is 0 Å². The number of halogens is 5. The second kappa shape index (κ2) is 13.3. The SMILES string of the molecule is FC1(F)CC2(CCCCC2)C1.N#CC1=C(Cl)c2ccncc2CC1=O.N#CC1=C(N2CCC3(CC2)CC(F)(F)C3)c2ccncc2CC1=O. The molecule has 0 bridgehead atoms. The zero-order chi connectivity index (χ0) is 35.0. The Balaban J connectivity index is 0.000000141. The number of fused-ring (bicyclic) bond motifs is 2. The van der Waals surface area contributed by atoms with Crippen LogP contribution in [0.1, 0.15) is 92.9 Å². The van der Waals surface area contributed by atoms with Crippen LogP contribution in [0.5, 0.6) is 0 Å². The summed E-state index contributed by atoms with van der Waals surface area (Å²) in [6.07, 6.45) is 14.3. The Morgan fingerprint density at radius 2 is 1.16 bits per heavy atom. The van der Waals surface area contributed by atoms with Crippen molar-refractivity contribution in [3.63, 3.8) is 0 Å². The third-order valence-corrected chi connectivity index (χ3v) is 11.2. The van der Waals surface area contributed by atoms with E-state index in [4.69, 9.17) is 16.9 Å². The van der Waals surface area contributed by atoms with Crippen LogP contribution in [0.25, 0.3) is 10.7 Å². The summed E-state index contributed by atoms with van der Waals surface area (Å²) in [5.74, 6) is -5.25. The summed E-state index contributed by atoms with van der Waals surface area (Å²) in [5, 5.41) is 18.4. The van der Waals surface area contributed by atoms with Crippen LogP contribution in [-0.4, -0.2) is 51.4 Å². The van der Waals surface area contributed by atoms with E-state index in [1.807, 2.05) is 17.0 Å². The first kappa shape index (κ1) is 34.8. The van der Waals surface area contributed by atoms with Crippen molar-refractivity contribution in [3.05, 3.63) is 70.3 Å². The Labute approximate surface area is 287 Å². The Morgan fingerprint density at radius 3 is 1.67 bits per heavy atom. The van der Waals surface area contributed by atoms with Gasteiger partial charge in [-0.1, -0.05) is 30.9 Å². The fourth-order valence-electron chi connectivity index (χ4n) is 8.49. The number of carbonyl (C=O) groups is 2. The van der Waals surface area contributed by atoms with Gasteiger partial charge in [0, 0.05) is 87.5 Å². The van der Waals surface area contributed by atoms with Crippen molar-refractivity contribution in [1.82, 2.24) is 14.9 Å². The molecule has 0 atom stereocenters. The molecule has 6 aliphatic rings. The number of piperidine rings is 1. The second-order valence-electron chi connectivity index (χ2n) is 14.4. The van der Waals surface area contributed by atoms with Crippen LogP contribution in [0.15, 0.2) is 48.1 Å². The molecule has 1 saturated heterocycles. The van der Waals surface area contributed by atoms with Crippen LogP contribution in [0, 0.1) is 33.5 Å². The van der Waals surface area contributed by atoms with Gasteiger partial charge in [0.1, 0.15) is 23.3 Å². The Hall–Kier alpha value is -4.09. The Bertz CT molecular complexity index is 1790. The number of alkyl halides is 4. The van der Waals surface area contributed by atoms with Crippen molar-refractivity contribution in [2.75, 3.05) is 13.1 Å². The van der Waals surface area contributed by atoms with Crippen LogP contribution >= 0.6 is 11.6 Å². The standard InChI is InChI=1S/C18H17F2N3O.C10H5ClN2O.C9H14F2/c19-18(20)10-17(11-18)2-5-23(6-3-17)16-13-1-4-22-9-12(13)7-15(24)14(16)8-21;11-10-7-1-2-13-5-6(7)3-9(14)8(10)4-12;10-9(11)6-8(7-9)4-2-1-3-5-8/h1,4,9H,2-3,5-7,10-11H2;1-2,5H,3H2;1-7H2. The van der Waals surface area contributed by atoms with Gasteiger partial charge in [0.25, 0.3) is 0 Å².